The Morgan fingerprint density at radius 3 is 2.94 bits per heavy atom. The van der Waals surface area contributed by atoms with E-state index in [1.807, 2.05) is 0 Å². The zero-order valence-electron chi connectivity index (χ0n) is 17.8. The van der Waals surface area contributed by atoms with Crippen LogP contribution in [0.1, 0.15) is 27.3 Å². The first-order chi connectivity index (χ1) is 14.9. The third-order valence-corrected chi connectivity index (χ3v) is 6.07. The number of nitrogens with one attached hydrogen (secondary N) is 1. The molecule has 0 atom stereocenters. The molecule has 4 aromatic rings. The quantitative estimate of drug-likeness (QED) is 0.513. The molecule has 10 nitrogen and oxygen atoms in total. The number of benzene rings is 1. The Kier molecular flexibility index (Phi) is 4.58. The smallest absolute Gasteiger partial charge is 0.349 e. The van der Waals surface area contributed by atoms with Crippen molar-refractivity contribution in [3.05, 3.63) is 57.5 Å². The number of aryl methyl sites for hydroxylation is 3. The summed E-state index contributed by atoms with van der Waals surface area (Å²) in [7, 11) is 3.63. The maximum atomic E-state index is 12.6. The molecule has 0 aliphatic carbocycles. The summed E-state index contributed by atoms with van der Waals surface area (Å²) < 4.78 is 4.62. The fourth-order valence-electron chi connectivity index (χ4n) is 4.39. The molecule has 3 aromatic heterocycles. The van der Waals surface area contributed by atoms with E-state index in [0.717, 1.165) is 30.7 Å². The summed E-state index contributed by atoms with van der Waals surface area (Å²) in [5, 5.41) is 11.9. The molecule has 1 aliphatic rings. The predicted octanol–water partition coefficient (Wildman–Crippen LogP) is 0.411. The summed E-state index contributed by atoms with van der Waals surface area (Å²) in [6, 6.07) is 6.61. The van der Waals surface area contributed by atoms with Gasteiger partial charge in [-0.15, -0.1) is 5.10 Å². The Morgan fingerprint density at radius 2 is 2.10 bits per heavy atom. The van der Waals surface area contributed by atoms with Crippen molar-refractivity contribution in [3.63, 3.8) is 0 Å². The van der Waals surface area contributed by atoms with E-state index in [-0.39, 0.29) is 17.2 Å². The van der Waals surface area contributed by atoms with Crippen molar-refractivity contribution in [1.29, 1.82) is 0 Å². The number of hydrogen-bond acceptors (Lipinski definition) is 6. The Hall–Kier alpha value is -3.53. The number of carbonyl (C=O) groups excluding carboxylic acids is 1. The van der Waals surface area contributed by atoms with Crippen molar-refractivity contribution in [2.24, 2.45) is 14.1 Å². The number of amides is 1. The predicted molar refractivity (Wildman–Crippen MR) is 115 cm³/mol. The van der Waals surface area contributed by atoms with E-state index in [9.17, 15) is 9.59 Å². The van der Waals surface area contributed by atoms with Crippen molar-refractivity contribution in [1.82, 2.24) is 39.2 Å². The number of hydrogen-bond donors (Lipinski definition) is 1. The van der Waals surface area contributed by atoms with Gasteiger partial charge in [-0.1, -0.05) is 16.8 Å². The molecule has 0 fully saturated rings. The number of carbonyl (C=O) groups is 1. The molecule has 10 heteroatoms. The molecule has 1 aromatic carbocycles. The average Bonchev–Trinajstić information content (AvgIpc) is 3.31. The molecular weight excluding hydrogens is 396 g/mol. The van der Waals surface area contributed by atoms with E-state index >= 15 is 0 Å². The van der Waals surface area contributed by atoms with Gasteiger partial charge in [0.05, 0.1) is 0 Å². The second-order valence-electron chi connectivity index (χ2n) is 8.07. The minimum Gasteiger partial charge on any atom is -0.349 e. The summed E-state index contributed by atoms with van der Waals surface area (Å²) in [5.74, 6) is -0.358. The first kappa shape index (κ1) is 19.4. The molecule has 0 saturated heterocycles. The molecule has 160 valence electrons. The van der Waals surface area contributed by atoms with Crippen LogP contribution in [0.25, 0.3) is 16.6 Å². The molecule has 5 rings (SSSR count). The standard InChI is InChI=1S/C21H24N8O2/c1-13-4-5-16-14(10-13)15-11-28(8-6-17(15)26(16)2)9-7-22-20(30)18-19-24-25-27(3)21(31)29(19)12-23-18/h4-5,10,12H,6-9,11H2,1-3H3,(H,22,30). The van der Waals surface area contributed by atoms with Gasteiger partial charge in [-0.2, -0.15) is 4.68 Å². The lowest BCUT2D eigenvalue weighted by Crippen LogP contribution is -2.38. The lowest BCUT2D eigenvalue weighted by atomic mass is 10.0. The third kappa shape index (κ3) is 3.19. The highest BCUT2D eigenvalue weighted by molar-refractivity contribution is 5.97. The van der Waals surface area contributed by atoms with Crippen LogP contribution >= 0.6 is 0 Å². The third-order valence-electron chi connectivity index (χ3n) is 6.07. The maximum absolute atomic E-state index is 12.6. The van der Waals surface area contributed by atoms with Gasteiger partial charge in [0.15, 0.2) is 11.3 Å². The molecule has 31 heavy (non-hydrogen) atoms. The van der Waals surface area contributed by atoms with Crippen molar-refractivity contribution in [2.75, 3.05) is 19.6 Å². The van der Waals surface area contributed by atoms with E-state index in [4.69, 9.17) is 0 Å². The second-order valence-corrected chi connectivity index (χ2v) is 8.07. The van der Waals surface area contributed by atoms with Crippen molar-refractivity contribution in [2.45, 2.75) is 19.9 Å². The van der Waals surface area contributed by atoms with Crippen LogP contribution in [0.15, 0.2) is 29.3 Å². The molecule has 0 unspecified atom stereocenters. The maximum Gasteiger partial charge on any atom is 0.352 e. The molecular formula is C21H24N8O2. The van der Waals surface area contributed by atoms with E-state index in [2.05, 4.69) is 62.3 Å². The molecule has 1 N–H and O–H groups in total. The number of nitrogens with zero attached hydrogens (tertiary/aromatic N) is 7. The number of fused-ring (bicyclic) bond motifs is 4. The van der Waals surface area contributed by atoms with E-state index < -0.39 is 5.69 Å². The zero-order valence-corrected chi connectivity index (χ0v) is 17.8. The number of rotatable bonds is 4. The Bertz CT molecular complexity index is 1380. The molecule has 1 amide bonds. The Labute approximate surface area is 178 Å². The highest BCUT2D eigenvalue weighted by Gasteiger charge is 2.23. The second kappa shape index (κ2) is 7.31. The van der Waals surface area contributed by atoms with Gasteiger partial charge in [-0.3, -0.25) is 9.69 Å². The lowest BCUT2D eigenvalue weighted by Gasteiger charge is -2.27. The summed E-state index contributed by atoms with van der Waals surface area (Å²) in [6.07, 6.45) is 2.29. The van der Waals surface area contributed by atoms with Gasteiger partial charge >= 0.3 is 5.69 Å². The summed E-state index contributed by atoms with van der Waals surface area (Å²) in [4.78, 5) is 31.0. The minimum absolute atomic E-state index is 0.107. The van der Waals surface area contributed by atoms with Gasteiger partial charge in [0.1, 0.15) is 6.33 Å². The number of imidazole rings is 1. The summed E-state index contributed by atoms with van der Waals surface area (Å²) in [6.45, 7) is 5.14. The largest absolute Gasteiger partial charge is 0.352 e. The molecule has 4 heterocycles. The van der Waals surface area contributed by atoms with Crippen LogP contribution in [0.2, 0.25) is 0 Å². The fraction of sp³-hybridized carbons (Fsp3) is 0.381. The minimum atomic E-state index is -0.397. The van der Waals surface area contributed by atoms with E-state index in [0.29, 0.717) is 6.54 Å². The Balaban J connectivity index is 1.27. The fourth-order valence-corrected chi connectivity index (χ4v) is 4.39. The average molecular weight is 420 g/mol. The van der Waals surface area contributed by atoms with Gasteiger partial charge in [-0.05, 0) is 24.6 Å². The molecule has 0 bridgehead atoms. The highest BCUT2D eigenvalue weighted by Crippen LogP contribution is 2.30. The van der Waals surface area contributed by atoms with Gasteiger partial charge in [0, 0.05) is 63.3 Å². The molecule has 1 aliphatic heterocycles. The number of aromatic nitrogens is 6. The molecule has 0 spiro atoms. The van der Waals surface area contributed by atoms with Crippen LogP contribution in [0.3, 0.4) is 0 Å². The zero-order chi connectivity index (χ0) is 21.7. The van der Waals surface area contributed by atoms with Crippen LogP contribution in [-0.4, -0.2) is 59.4 Å². The molecule has 0 saturated carbocycles. The van der Waals surface area contributed by atoms with Crippen molar-refractivity contribution in [3.8, 4) is 0 Å². The SMILES string of the molecule is Cc1ccc2c(c1)c1c(n2C)CCN(CCNC(=O)c2ncn3c(=O)n(C)nnc23)C1. The van der Waals surface area contributed by atoms with Gasteiger partial charge in [0.25, 0.3) is 5.91 Å². The van der Waals surface area contributed by atoms with Crippen LogP contribution in [0.4, 0.5) is 0 Å². The lowest BCUT2D eigenvalue weighted by molar-refractivity contribution is 0.0944. The topological polar surface area (TPSA) is 102 Å². The van der Waals surface area contributed by atoms with E-state index in [1.165, 1.54) is 45.5 Å². The van der Waals surface area contributed by atoms with Crippen LogP contribution in [0.5, 0.6) is 0 Å². The van der Waals surface area contributed by atoms with Gasteiger partial charge in [-0.25, -0.2) is 14.2 Å². The van der Waals surface area contributed by atoms with E-state index in [1.54, 1.807) is 0 Å². The normalized spacial score (nSPS) is 14.3. The van der Waals surface area contributed by atoms with Crippen molar-refractivity contribution >= 4 is 22.5 Å². The first-order valence-electron chi connectivity index (χ1n) is 10.3. The van der Waals surface area contributed by atoms with Gasteiger partial charge < -0.3 is 9.88 Å². The van der Waals surface area contributed by atoms with Crippen LogP contribution in [-0.2, 0) is 27.1 Å². The Morgan fingerprint density at radius 1 is 1.26 bits per heavy atom. The van der Waals surface area contributed by atoms with Gasteiger partial charge in [0.2, 0.25) is 0 Å². The monoisotopic (exact) mass is 420 g/mol. The summed E-state index contributed by atoms with van der Waals surface area (Å²) in [5.41, 5.74) is 5.17. The summed E-state index contributed by atoms with van der Waals surface area (Å²) >= 11 is 0. The van der Waals surface area contributed by atoms with Crippen molar-refractivity contribution < 1.29 is 4.79 Å². The molecule has 0 radical (unpaired) electrons. The first-order valence-corrected chi connectivity index (χ1v) is 10.3. The highest BCUT2D eigenvalue weighted by atomic mass is 16.2. The van der Waals surface area contributed by atoms with Crippen LogP contribution < -0.4 is 11.0 Å². The van der Waals surface area contributed by atoms with Crippen LogP contribution in [0, 0.1) is 6.92 Å².